The molecule has 23 heavy (non-hydrogen) atoms. The summed E-state index contributed by atoms with van der Waals surface area (Å²) in [4.78, 5) is 0.179. The van der Waals surface area contributed by atoms with Crippen molar-refractivity contribution >= 4 is 20.0 Å². The maximum Gasteiger partial charge on any atom is 0.243 e. The van der Waals surface area contributed by atoms with Crippen molar-refractivity contribution in [2.75, 3.05) is 20.1 Å². The lowest BCUT2D eigenvalue weighted by atomic mass is 10.1. The zero-order valence-electron chi connectivity index (χ0n) is 13.3. The summed E-state index contributed by atoms with van der Waals surface area (Å²) < 4.78 is 53.2. The molecule has 0 amide bonds. The molecule has 1 aliphatic heterocycles. The standard InChI is InChI=1S/C14H23N3O4S2/c1-11-9-13(6-7-14(11)22(18,19)16-2)23(20,21)17-8-4-3-5-12(17)10-15/h6-7,9,12,16H,3-5,8,10,15H2,1-2H3. The quantitative estimate of drug-likeness (QED) is 0.789. The zero-order chi connectivity index (χ0) is 17.3. The predicted molar refractivity (Wildman–Crippen MR) is 88.0 cm³/mol. The average molecular weight is 361 g/mol. The van der Waals surface area contributed by atoms with Crippen molar-refractivity contribution < 1.29 is 16.8 Å². The SMILES string of the molecule is CNS(=O)(=O)c1ccc(S(=O)(=O)N2CCCCC2CN)cc1C. The summed E-state index contributed by atoms with van der Waals surface area (Å²) in [7, 11) is -5.97. The molecule has 0 radical (unpaired) electrons. The highest BCUT2D eigenvalue weighted by atomic mass is 32.2. The van der Waals surface area contributed by atoms with Gasteiger partial charge in [-0.15, -0.1) is 0 Å². The summed E-state index contributed by atoms with van der Waals surface area (Å²) in [6, 6.07) is 3.88. The Morgan fingerprint density at radius 1 is 1.26 bits per heavy atom. The molecule has 1 aliphatic rings. The Labute approximate surface area is 138 Å². The molecule has 2 rings (SSSR count). The lowest BCUT2D eigenvalue weighted by Crippen LogP contribution is -2.47. The highest BCUT2D eigenvalue weighted by Crippen LogP contribution is 2.27. The van der Waals surface area contributed by atoms with Crippen LogP contribution in [0, 0.1) is 6.92 Å². The van der Waals surface area contributed by atoms with Gasteiger partial charge in [-0.05, 0) is 50.6 Å². The topological polar surface area (TPSA) is 110 Å². The normalized spacial score (nSPS) is 20.6. The first-order valence-corrected chi connectivity index (χ1v) is 10.4. The minimum Gasteiger partial charge on any atom is -0.329 e. The van der Waals surface area contributed by atoms with Gasteiger partial charge in [0.15, 0.2) is 0 Å². The van der Waals surface area contributed by atoms with Crippen molar-refractivity contribution in [1.29, 1.82) is 0 Å². The second kappa shape index (κ2) is 6.86. The van der Waals surface area contributed by atoms with Crippen molar-refractivity contribution in [2.45, 2.75) is 42.0 Å². The van der Waals surface area contributed by atoms with Gasteiger partial charge >= 0.3 is 0 Å². The second-order valence-corrected chi connectivity index (χ2v) is 9.38. The van der Waals surface area contributed by atoms with Crippen molar-refractivity contribution in [3.05, 3.63) is 23.8 Å². The third-order valence-electron chi connectivity index (χ3n) is 4.16. The fourth-order valence-electron chi connectivity index (χ4n) is 2.86. The van der Waals surface area contributed by atoms with Crippen LogP contribution in [-0.2, 0) is 20.0 Å². The molecule has 0 aromatic heterocycles. The van der Waals surface area contributed by atoms with Crippen molar-refractivity contribution in [3.8, 4) is 0 Å². The van der Waals surface area contributed by atoms with Crippen LogP contribution in [0.2, 0.25) is 0 Å². The summed E-state index contributed by atoms with van der Waals surface area (Å²) >= 11 is 0. The molecule has 1 unspecified atom stereocenters. The van der Waals surface area contributed by atoms with Gasteiger partial charge in [0.1, 0.15) is 0 Å². The Hall–Kier alpha value is -1.00. The minimum atomic E-state index is -3.68. The predicted octanol–water partition coefficient (Wildman–Crippen LogP) is 0.405. The van der Waals surface area contributed by atoms with E-state index >= 15 is 0 Å². The molecule has 0 spiro atoms. The van der Waals surface area contributed by atoms with Crippen LogP contribution in [0.4, 0.5) is 0 Å². The van der Waals surface area contributed by atoms with E-state index in [0.717, 1.165) is 19.3 Å². The van der Waals surface area contributed by atoms with Crippen LogP contribution in [0.3, 0.4) is 0 Å². The lowest BCUT2D eigenvalue weighted by Gasteiger charge is -2.34. The summed E-state index contributed by atoms with van der Waals surface area (Å²) in [6.07, 6.45) is 2.52. The number of nitrogens with one attached hydrogen (secondary N) is 1. The molecule has 1 aromatic rings. The first-order chi connectivity index (χ1) is 10.7. The van der Waals surface area contributed by atoms with E-state index in [1.807, 2.05) is 0 Å². The molecular formula is C14H23N3O4S2. The number of sulfonamides is 2. The van der Waals surface area contributed by atoms with E-state index in [2.05, 4.69) is 4.72 Å². The average Bonchev–Trinajstić information content (AvgIpc) is 2.54. The Bertz CT molecular complexity index is 775. The van der Waals surface area contributed by atoms with Crippen molar-refractivity contribution in [3.63, 3.8) is 0 Å². The van der Waals surface area contributed by atoms with E-state index in [4.69, 9.17) is 5.73 Å². The molecule has 1 atom stereocenters. The van der Waals surface area contributed by atoms with E-state index in [9.17, 15) is 16.8 Å². The van der Waals surface area contributed by atoms with E-state index in [1.54, 1.807) is 6.92 Å². The van der Waals surface area contributed by atoms with Crippen LogP contribution in [-0.4, -0.2) is 47.3 Å². The van der Waals surface area contributed by atoms with Crippen LogP contribution >= 0.6 is 0 Å². The molecule has 1 aromatic carbocycles. The monoisotopic (exact) mass is 361 g/mol. The third kappa shape index (κ3) is 3.58. The number of hydrogen-bond acceptors (Lipinski definition) is 5. The molecule has 1 heterocycles. The number of hydrogen-bond donors (Lipinski definition) is 2. The summed E-state index contributed by atoms with van der Waals surface area (Å²) in [6.45, 7) is 2.31. The van der Waals surface area contributed by atoms with Gasteiger partial charge in [-0.3, -0.25) is 0 Å². The highest BCUT2D eigenvalue weighted by Gasteiger charge is 2.33. The molecule has 0 aliphatic carbocycles. The second-order valence-electron chi connectivity index (χ2n) is 5.64. The number of piperidine rings is 1. The van der Waals surface area contributed by atoms with Gasteiger partial charge in [-0.1, -0.05) is 6.42 Å². The molecular weight excluding hydrogens is 338 g/mol. The van der Waals surface area contributed by atoms with Gasteiger partial charge in [-0.2, -0.15) is 4.31 Å². The Morgan fingerprint density at radius 2 is 1.96 bits per heavy atom. The van der Waals surface area contributed by atoms with Crippen LogP contribution in [0.5, 0.6) is 0 Å². The zero-order valence-corrected chi connectivity index (χ0v) is 15.0. The van der Waals surface area contributed by atoms with Crippen LogP contribution in [0.25, 0.3) is 0 Å². The van der Waals surface area contributed by atoms with Gasteiger partial charge in [-0.25, -0.2) is 21.6 Å². The van der Waals surface area contributed by atoms with Crippen molar-refractivity contribution in [1.82, 2.24) is 9.03 Å². The maximum atomic E-state index is 12.8. The van der Waals surface area contributed by atoms with Gasteiger partial charge in [0, 0.05) is 19.1 Å². The van der Waals surface area contributed by atoms with Crippen LogP contribution < -0.4 is 10.5 Å². The summed E-state index contributed by atoms with van der Waals surface area (Å²) in [5.74, 6) is 0. The Kier molecular flexibility index (Phi) is 5.47. The largest absolute Gasteiger partial charge is 0.329 e. The number of benzene rings is 1. The fourth-order valence-corrected chi connectivity index (χ4v) is 5.60. The van der Waals surface area contributed by atoms with Gasteiger partial charge in [0.2, 0.25) is 20.0 Å². The third-order valence-corrected chi connectivity index (χ3v) is 7.68. The summed E-state index contributed by atoms with van der Waals surface area (Å²) in [5, 5.41) is 0. The first kappa shape index (κ1) is 18.3. The fraction of sp³-hybridized carbons (Fsp3) is 0.571. The maximum absolute atomic E-state index is 12.8. The van der Waals surface area contributed by atoms with Crippen LogP contribution in [0.15, 0.2) is 28.0 Å². The number of rotatable bonds is 5. The van der Waals surface area contributed by atoms with E-state index in [0.29, 0.717) is 12.1 Å². The Balaban J connectivity index is 2.43. The minimum absolute atomic E-state index is 0.0768. The molecule has 0 bridgehead atoms. The number of aryl methyl sites for hydroxylation is 1. The molecule has 1 saturated heterocycles. The molecule has 1 fully saturated rings. The molecule has 3 N–H and O–H groups in total. The number of nitrogens with zero attached hydrogens (tertiary/aromatic N) is 1. The van der Waals surface area contributed by atoms with E-state index in [1.165, 1.54) is 29.6 Å². The van der Waals surface area contributed by atoms with Crippen LogP contribution in [0.1, 0.15) is 24.8 Å². The first-order valence-electron chi connectivity index (χ1n) is 7.50. The number of nitrogens with two attached hydrogens (primary N) is 1. The molecule has 0 saturated carbocycles. The Morgan fingerprint density at radius 3 is 2.52 bits per heavy atom. The smallest absolute Gasteiger partial charge is 0.243 e. The molecule has 130 valence electrons. The van der Waals surface area contributed by atoms with Gasteiger partial charge < -0.3 is 5.73 Å². The molecule has 7 nitrogen and oxygen atoms in total. The van der Waals surface area contributed by atoms with Gasteiger partial charge in [0.25, 0.3) is 0 Å². The highest BCUT2D eigenvalue weighted by molar-refractivity contribution is 7.89. The lowest BCUT2D eigenvalue weighted by molar-refractivity contribution is 0.257. The van der Waals surface area contributed by atoms with Crippen molar-refractivity contribution in [2.24, 2.45) is 5.73 Å². The van der Waals surface area contributed by atoms with Gasteiger partial charge in [0.05, 0.1) is 9.79 Å². The summed E-state index contributed by atoms with van der Waals surface area (Å²) in [5.41, 5.74) is 6.09. The van der Waals surface area contributed by atoms with E-state index < -0.39 is 20.0 Å². The molecule has 9 heteroatoms. The van der Waals surface area contributed by atoms with E-state index in [-0.39, 0.29) is 22.4 Å².